The molecule has 0 aromatic heterocycles. The summed E-state index contributed by atoms with van der Waals surface area (Å²) in [4.78, 5) is 11.3. The van der Waals surface area contributed by atoms with E-state index in [0.717, 1.165) is 4.31 Å². The van der Waals surface area contributed by atoms with Crippen LogP contribution in [0, 0.1) is 0 Å². The number of nitrogen functional groups attached to an aromatic ring is 1. The first-order valence-corrected chi connectivity index (χ1v) is 8.01. The molecule has 5 N–H and O–H groups in total. The number of benzene rings is 1. The third kappa shape index (κ3) is 2.66. The SMILES string of the molecule is NC(=O)C1CC(O)CN1S(=O)(=O)c1ccc(N)c(Br)c1. The number of anilines is 1. The molecule has 0 radical (unpaired) electrons. The predicted molar refractivity (Wildman–Crippen MR) is 76.1 cm³/mol. The molecule has 20 heavy (non-hydrogen) atoms. The van der Waals surface area contributed by atoms with E-state index in [1.165, 1.54) is 18.2 Å². The fourth-order valence-corrected chi connectivity index (χ4v) is 4.31. The van der Waals surface area contributed by atoms with Crippen molar-refractivity contribution in [3.05, 3.63) is 22.7 Å². The van der Waals surface area contributed by atoms with Crippen LogP contribution in [-0.2, 0) is 14.8 Å². The van der Waals surface area contributed by atoms with E-state index in [-0.39, 0.29) is 17.9 Å². The molecule has 1 heterocycles. The maximum absolute atomic E-state index is 12.5. The van der Waals surface area contributed by atoms with Gasteiger partial charge in [-0.1, -0.05) is 0 Å². The monoisotopic (exact) mass is 363 g/mol. The molecule has 2 rings (SSSR count). The lowest BCUT2D eigenvalue weighted by Crippen LogP contribution is -2.43. The molecule has 7 nitrogen and oxygen atoms in total. The quantitative estimate of drug-likeness (QED) is 0.632. The minimum Gasteiger partial charge on any atom is -0.398 e. The van der Waals surface area contributed by atoms with Crippen LogP contribution in [0.5, 0.6) is 0 Å². The lowest BCUT2D eigenvalue weighted by Gasteiger charge is -2.21. The standard InChI is InChI=1S/C11H14BrN3O4S/c12-8-4-7(1-2-9(8)13)20(18,19)15-5-6(16)3-10(15)11(14)17/h1-2,4,6,10,16H,3,5,13H2,(H2,14,17). The highest BCUT2D eigenvalue weighted by molar-refractivity contribution is 9.10. The first kappa shape index (κ1) is 15.2. The topological polar surface area (TPSA) is 127 Å². The van der Waals surface area contributed by atoms with Crippen molar-refractivity contribution in [1.29, 1.82) is 0 Å². The summed E-state index contributed by atoms with van der Waals surface area (Å²) in [6.07, 6.45) is -0.899. The average Bonchev–Trinajstić information content (AvgIpc) is 2.75. The van der Waals surface area contributed by atoms with Crippen LogP contribution in [0.3, 0.4) is 0 Å². The minimum atomic E-state index is -3.92. The average molecular weight is 364 g/mol. The Labute approximate surface area is 124 Å². The van der Waals surface area contributed by atoms with Gasteiger partial charge < -0.3 is 16.6 Å². The molecule has 2 atom stereocenters. The fraction of sp³-hybridized carbons (Fsp3) is 0.364. The zero-order chi connectivity index (χ0) is 15.1. The Hall–Kier alpha value is -1.16. The fourth-order valence-electron chi connectivity index (χ4n) is 2.11. The van der Waals surface area contributed by atoms with Crippen molar-refractivity contribution in [2.75, 3.05) is 12.3 Å². The second-order valence-corrected chi connectivity index (χ2v) is 7.31. The lowest BCUT2D eigenvalue weighted by atomic mass is 10.2. The summed E-state index contributed by atoms with van der Waals surface area (Å²) in [5, 5.41) is 9.58. The summed E-state index contributed by atoms with van der Waals surface area (Å²) in [5.74, 6) is -0.778. The van der Waals surface area contributed by atoms with Gasteiger partial charge >= 0.3 is 0 Å². The first-order valence-electron chi connectivity index (χ1n) is 5.77. The Morgan fingerprint density at radius 2 is 2.10 bits per heavy atom. The van der Waals surface area contributed by atoms with Crippen molar-refractivity contribution < 1.29 is 18.3 Å². The van der Waals surface area contributed by atoms with Crippen molar-refractivity contribution in [2.24, 2.45) is 5.73 Å². The number of aliphatic hydroxyl groups is 1. The number of primary amides is 1. The van der Waals surface area contributed by atoms with Gasteiger partial charge in [0.25, 0.3) is 0 Å². The Kier molecular flexibility index (Phi) is 4.05. The Morgan fingerprint density at radius 3 is 2.65 bits per heavy atom. The van der Waals surface area contributed by atoms with Gasteiger partial charge in [-0.05, 0) is 34.1 Å². The summed E-state index contributed by atoms with van der Waals surface area (Å²) >= 11 is 3.15. The van der Waals surface area contributed by atoms with E-state index in [0.29, 0.717) is 10.2 Å². The van der Waals surface area contributed by atoms with E-state index in [9.17, 15) is 18.3 Å². The van der Waals surface area contributed by atoms with Crippen LogP contribution in [0.1, 0.15) is 6.42 Å². The molecule has 1 aliphatic rings. The molecule has 0 aliphatic carbocycles. The summed E-state index contributed by atoms with van der Waals surface area (Å²) < 4.78 is 26.4. The number of carbonyl (C=O) groups is 1. The molecule has 110 valence electrons. The number of sulfonamides is 1. The van der Waals surface area contributed by atoms with E-state index < -0.39 is 28.1 Å². The van der Waals surface area contributed by atoms with Gasteiger partial charge in [-0.3, -0.25) is 4.79 Å². The van der Waals surface area contributed by atoms with E-state index in [4.69, 9.17) is 11.5 Å². The Balaban J connectivity index is 2.43. The van der Waals surface area contributed by atoms with Gasteiger partial charge in [0.1, 0.15) is 6.04 Å². The summed E-state index contributed by atoms with van der Waals surface area (Å²) in [6.45, 7) is -0.155. The molecule has 9 heteroatoms. The maximum Gasteiger partial charge on any atom is 0.243 e. The van der Waals surface area contributed by atoms with Crippen LogP contribution < -0.4 is 11.5 Å². The van der Waals surface area contributed by atoms with Gasteiger partial charge in [-0.15, -0.1) is 0 Å². The number of amides is 1. The van der Waals surface area contributed by atoms with Crippen LogP contribution in [0.4, 0.5) is 5.69 Å². The van der Waals surface area contributed by atoms with Gasteiger partial charge in [0, 0.05) is 23.1 Å². The number of carbonyl (C=O) groups excluding carboxylic acids is 1. The van der Waals surface area contributed by atoms with Gasteiger partial charge in [0.2, 0.25) is 15.9 Å². The smallest absolute Gasteiger partial charge is 0.243 e. The summed E-state index contributed by atoms with van der Waals surface area (Å²) in [6, 6.07) is 3.11. The third-order valence-electron chi connectivity index (χ3n) is 3.14. The Morgan fingerprint density at radius 1 is 1.45 bits per heavy atom. The van der Waals surface area contributed by atoms with Crippen molar-refractivity contribution in [3.8, 4) is 0 Å². The van der Waals surface area contributed by atoms with Crippen molar-refractivity contribution in [1.82, 2.24) is 4.31 Å². The lowest BCUT2D eigenvalue weighted by molar-refractivity contribution is -0.121. The summed E-state index contributed by atoms with van der Waals surface area (Å²) in [5.41, 5.74) is 11.2. The zero-order valence-electron chi connectivity index (χ0n) is 10.4. The first-order chi connectivity index (χ1) is 9.23. The third-order valence-corrected chi connectivity index (χ3v) is 5.70. The Bertz CT molecular complexity index is 649. The zero-order valence-corrected chi connectivity index (χ0v) is 12.8. The number of nitrogens with zero attached hydrogens (tertiary/aromatic N) is 1. The van der Waals surface area contributed by atoms with Crippen molar-refractivity contribution in [2.45, 2.75) is 23.5 Å². The highest BCUT2D eigenvalue weighted by atomic mass is 79.9. The van der Waals surface area contributed by atoms with E-state index in [1.54, 1.807) is 0 Å². The molecule has 2 unspecified atom stereocenters. The van der Waals surface area contributed by atoms with Gasteiger partial charge in [-0.25, -0.2) is 8.42 Å². The number of β-amino-alcohol motifs (C(OH)–C–C–N with tert-alkyl or cyclic N) is 1. The highest BCUT2D eigenvalue weighted by Crippen LogP contribution is 2.29. The molecular formula is C11H14BrN3O4S. The number of hydrogen-bond donors (Lipinski definition) is 3. The minimum absolute atomic E-state index is 0.00467. The number of halogens is 1. The molecule has 1 aromatic rings. The van der Waals surface area contributed by atoms with Crippen molar-refractivity contribution in [3.63, 3.8) is 0 Å². The van der Waals surface area contributed by atoms with Gasteiger partial charge in [-0.2, -0.15) is 4.31 Å². The summed E-state index contributed by atoms with van der Waals surface area (Å²) in [7, 11) is -3.92. The molecule has 1 aromatic carbocycles. The molecule has 0 saturated carbocycles. The molecular weight excluding hydrogens is 350 g/mol. The number of rotatable bonds is 3. The van der Waals surface area contributed by atoms with Crippen molar-refractivity contribution >= 4 is 37.5 Å². The number of hydrogen-bond acceptors (Lipinski definition) is 5. The molecule has 1 saturated heterocycles. The predicted octanol–water partition coefficient (Wildman–Crippen LogP) is -0.359. The second-order valence-electron chi connectivity index (χ2n) is 4.57. The van der Waals surface area contributed by atoms with Gasteiger partial charge in [0.15, 0.2) is 0 Å². The molecule has 1 amide bonds. The molecule has 1 aliphatic heterocycles. The maximum atomic E-state index is 12.5. The molecule has 0 spiro atoms. The van der Waals surface area contributed by atoms with Gasteiger partial charge in [0.05, 0.1) is 11.0 Å². The van der Waals surface area contributed by atoms with Crippen LogP contribution in [0.25, 0.3) is 0 Å². The largest absolute Gasteiger partial charge is 0.398 e. The van der Waals surface area contributed by atoms with E-state index in [2.05, 4.69) is 15.9 Å². The number of nitrogens with two attached hydrogens (primary N) is 2. The van der Waals surface area contributed by atoms with Crippen LogP contribution in [0.2, 0.25) is 0 Å². The van der Waals surface area contributed by atoms with Crippen LogP contribution in [-0.4, -0.2) is 42.4 Å². The van der Waals surface area contributed by atoms with E-state index >= 15 is 0 Å². The van der Waals surface area contributed by atoms with Crippen LogP contribution in [0.15, 0.2) is 27.6 Å². The number of aliphatic hydroxyl groups excluding tert-OH is 1. The highest BCUT2D eigenvalue weighted by Gasteiger charge is 2.42. The molecule has 1 fully saturated rings. The molecule has 0 bridgehead atoms. The normalized spacial score (nSPS) is 23.9. The second kappa shape index (κ2) is 5.32. The van der Waals surface area contributed by atoms with Crippen LogP contribution >= 0.6 is 15.9 Å². The van der Waals surface area contributed by atoms with E-state index in [1.807, 2.05) is 0 Å².